The minimum absolute atomic E-state index is 0.0564. The van der Waals surface area contributed by atoms with Gasteiger partial charge in [-0.1, -0.05) is 42.1 Å². The number of anilines is 1. The van der Waals surface area contributed by atoms with Crippen LogP contribution in [0, 0.1) is 12.7 Å². The molecule has 0 saturated carbocycles. The van der Waals surface area contributed by atoms with E-state index in [0.29, 0.717) is 34.2 Å². The smallest absolute Gasteiger partial charge is 0.280 e. The maximum Gasteiger partial charge on any atom is 0.280 e. The van der Waals surface area contributed by atoms with Crippen LogP contribution in [0.4, 0.5) is 10.1 Å². The van der Waals surface area contributed by atoms with Crippen molar-refractivity contribution in [1.82, 2.24) is 19.3 Å². The van der Waals surface area contributed by atoms with Gasteiger partial charge in [0.2, 0.25) is 5.91 Å². The fourth-order valence-electron chi connectivity index (χ4n) is 3.65. The van der Waals surface area contributed by atoms with Gasteiger partial charge in [-0.25, -0.2) is 9.37 Å². The summed E-state index contributed by atoms with van der Waals surface area (Å²) in [4.78, 5) is 30.8. The van der Waals surface area contributed by atoms with Crippen LogP contribution >= 0.6 is 11.8 Å². The number of hydrogen-bond acceptors (Lipinski definition) is 6. The molecule has 4 aromatic rings. The number of carbonyl (C=O) groups excluding carboxylic acids is 1. The second-order valence-corrected chi connectivity index (χ2v) is 8.46. The van der Waals surface area contributed by atoms with Gasteiger partial charge in [-0.05, 0) is 32.0 Å². The molecule has 0 saturated heterocycles. The highest BCUT2D eigenvalue weighted by Crippen LogP contribution is 2.24. The van der Waals surface area contributed by atoms with Crippen molar-refractivity contribution in [1.29, 1.82) is 0 Å². The highest BCUT2D eigenvalue weighted by atomic mass is 32.2. The molecule has 0 unspecified atom stereocenters. The average molecular weight is 482 g/mol. The van der Waals surface area contributed by atoms with E-state index in [2.05, 4.69) is 10.4 Å². The molecule has 4 rings (SSSR count). The Morgan fingerprint density at radius 3 is 2.65 bits per heavy atom. The summed E-state index contributed by atoms with van der Waals surface area (Å²) in [5.41, 5.74) is 2.19. The lowest BCUT2D eigenvalue weighted by molar-refractivity contribution is -0.113. The van der Waals surface area contributed by atoms with E-state index in [0.717, 1.165) is 17.3 Å². The molecule has 0 aliphatic heterocycles. The van der Waals surface area contributed by atoms with Crippen molar-refractivity contribution in [3.63, 3.8) is 0 Å². The van der Waals surface area contributed by atoms with Crippen molar-refractivity contribution in [2.45, 2.75) is 32.1 Å². The van der Waals surface area contributed by atoms with Crippen LogP contribution in [0.3, 0.4) is 0 Å². The molecule has 2 aromatic carbocycles. The zero-order valence-electron chi connectivity index (χ0n) is 19.0. The number of aryl methyl sites for hydroxylation is 2. The first kappa shape index (κ1) is 23.5. The zero-order valence-corrected chi connectivity index (χ0v) is 19.9. The summed E-state index contributed by atoms with van der Waals surface area (Å²) in [5, 5.41) is 7.36. The van der Waals surface area contributed by atoms with E-state index in [4.69, 9.17) is 9.72 Å². The van der Waals surface area contributed by atoms with Gasteiger partial charge in [-0.15, -0.1) is 0 Å². The number of thioether (sulfide) groups is 1. The maximum atomic E-state index is 13.9. The first-order valence-corrected chi connectivity index (χ1v) is 11.7. The SMILES string of the molecule is CCn1nc(C)c2nc(SCC(=O)Nc3ccccc3F)n(Cc3ccccc3OC)c(=O)c21. The predicted octanol–water partition coefficient (Wildman–Crippen LogP) is 3.85. The van der Waals surface area contributed by atoms with E-state index < -0.39 is 11.7 Å². The van der Waals surface area contributed by atoms with Gasteiger partial charge in [-0.2, -0.15) is 5.10 Å². The molecule has 0 bridgehead atoms. The Morgan fingerprint density at radius 1 is 1.18 bits per heavy atom. The quantitative estimate of drug-likeness (QED) is 0.304. The highest BCUT2D eigenvalue weighted by Gasteiger charge is 2.20. The van der Waals surface area contributed by atoms with Crippen LogP contribution in [0.1, 0.15) is 18.2 Å². The van der Waals surface area contributed by atoms with Crippen molar-refractivity contribution in [3.05, 3.63) is 76.0 Å². The number of ether oxygens (including phenoxy) is 1. The number of nitrogens with zero attached hydrogens (tertiary/aromatic N) is 4. The van der Waals surface area contributed by atoms with Crippen molar-refractivity contribution >= 4 is 34.4 Å². The summed E-state index contributed by atoms with van der Waals surface area (Å²) >= 11 is 1.11. The van der Waals surface area contributed by atoms with Gasteiger partial charge in [0.05, 0.1) is 30.8 Å². The molecule has 0 aliphatic carbocycles. The molecule has 2 heterocycles. The highest BCUT2D eigenvalue weighted by molar-refractivity contribution is 7.99. The Labute approximate surface area is 199 Å². The van der Waals surface area contributed by atoms with Crippen LogP contribution in [0.5, 0.6) is 5.75 Å². The predicted molar refractivity (Wildman–Crippen MR) is 130 cm³/mol. The fourth-order valence-corrected chi connectivity index (χ4v) is 4.44. The molecule has 0 aliphatic rings. The van der Waals surface area contributed by atoms with E-state index in [-0.39, 0.29) is 23.5 Å². The van der Waals surface area contributed by atoms with Gasteiger partial charge in [0, 0.05) is 12.1 Å². The number of halogens is 1. The second-order valence-electron chi connectivity index (χ2n) is 7.51. The van der Waals surface area contributed by atoms with E-state index in [1.165, 1.54) is 16.7 Å². The average Bonchev–Trinajstić information content (AvgIpc) is 3.17. The third-order valence-corrected chi connectivity index (χ3v) is 6.26. The molecule has 0 fully saturated rings. The second kappa shape index (κ2) is 10.1. The normalized spacial score (nSPS) is 11.1. The van der Waals surface area contributed by atoms with E-state index in [1.807, 2.05) is 31.2 Å². The Morgan fingerprint density at radius 2 is 1.91 bits per heavy atom. The molecular formula is C24H24FN5O3S. The maximum absolute atomic E-state index is 13.9. The molecule has 2 aromatic heterocycles. The number of benzene rings is 2. The van der Waals surface area contributed by atoms with Crippen molar-refractivity contribution in [3.8, 4) is 5.75 Å². The largest absolute Gasteiger partial charge is 0.496 e. The van der Waals surface area contributed by atoms with Crippen LogP contribution < -0.4 is 15.6 Å². The third-order valence-electron chi connectivity index (χ3n) is 5.28. The Hall–Kier alpha value is -3.66. The molecule has 1 N–H and O–H groups in total. The number of rotatable bonds is 8. The Bertz CT molecular complexity index is 1420. The Balaban J connectivity index is 1.71. The monoisotopic (exact) mass is 481 g/mol. The van der Waals surface area contributed by atoms with Crippen LogP contribution in [0.2, 0.25) is 0 Å². The lowest BCUT2D eigenvalue weighted by atomic mass is 10.2. The molecule has 1 amide bonds. The first-order chi connectivity index (χ1) is 16.4. The number of methoxy groups -OCH3 is 1. The van der Waals surface area contributed by atoms with Gasteiger partial charge in [0.15, 0.2) is 10.7 Å². The number of hydrogen-bond donors (Lipinski definition) is 1. The molecule has 0 atom stereocenters. The summed E-state index contributed by atoms with van der Waals surface area (Å²) < 4.78 is 22.5. The van der Waals surface area contributed by atoms with Crippen molar-refractivity contribution < 1.29 is 13.9 Å². The van der Waals surface area contributed by atoms with Crippen LogP contribution in [0.25, 0.3) is 11.0 Å². The fraction of sp³-hybridized carbons (Fsp3) is 0.250. The molecule has 0 radical (unpaired) electrons. The van der Waals surface area contributed by atoms with Gasteiger partial charge >= 0.3 is 0 Å². The van der Waals surface area contributed by atoms with E-state index in [1.54, 1.807) is 30.8 Å². The van der Waals surface area contributed by atoms with Crippen LogP contribution in [0.15, 0.2) is 58.5 Å². The summed E-state index contributed by atoms with van der Waals surface area (Å²) in [6.07, 6.45) is 0. The zero-order chi connectivity index (χ0) is 24.2. The number of fused-ring (bicyclic) bond motifs is 1. The molecule has 34 heavy (non-hydrogen) atoms. The first-order valence-electron chi connectivity index (χ1n) is 10.7. The summed E-state index contributed by atoms with van der Waals surface area (Å²) in [6, 6.07) is 13.4. The van der Waals surface area contributed by atoms with Crippen molar-refractivity contribution in [2.75, 3.05) is 18.2 Å². The minimum Gasteiger partial charge on any atom is -0.496 e. The standard InChI is InChI=1S/C24H24FN5O3S/c1-4-30-22-21(15(2)28-30)27-24(34-14-20(31)26-18-11-7-6-10-17(18)25)29(23(22)32)13-16-9-5-8-12-19(16)33-3/h5-12H,4,13-14H2,1-3H3,(H,26,31). The Kier molecular flexibility index (Phi) is 6.97. The van der Waals surface area contributed by atoms with Gasteiger partial charge in [0.1, 0.15) is 17.1 Å². The number of aromatic nitrogens is 4. The van der Waals surface area contributed by atoms with Crippen molar-refractivity contribution in [2.24, 2.45) is 0 Å². The molecular weight excluding hydrogens is 457 g/mol. The number of para-hydroxylation sites is 2. The third kappa shape index (κ3) is 4.67. The van der Waals surface area contributed by atoms with Gasteiger partial charge < -0.3 is 10.1 Å². The molecule has 0 spiro atoms. The number of nitrogens with one attached hydrogen (secondary N) is 1. The van der Waals surface area contributed by atoms with E-state index in [9.17, 15) is 14.0 Å². The van der Waals surface area contributed by atoms with Crippen LogP contribution in [-0.4, -0.2) is 38.1 Å². The molecule has 10 heteroatoms. The summed E-state index contributed by atoms with van der Waals surface area (Å²) in [7, 11) is 1.57. The van der Waals surface area contributed by atoms with Crippen LogP contribution in [-0.2, 0) is 17.9 Å². The molecule has 8 nitrogen and oxygen atoms in total. The minimum atomic E-state index is -0.518. The number of amides is 1. The lowest BCUT2D eigenvalue weighted by Gasteiger charge is -2.14. The molecule has 176 valence electrons. The van der Waals surface area contributed by atoms with E-state index >= 15 is 0 Å². The lowest BCUT2D eigenvalue weighted by Crippen LogP contribution is -2.26. The van der Waals surface area contributed by atoms with Gasteiger partial charge in [0.25, 0.3) is 5.56 Å². The summed E-state index contributed by atoms with van der Waals surface area (Å²) in [5.74, 6) is -0.340. The van der Waals surface area contributed by atoms with Gasteiger partial charge in [-0.3, -0.25) is 18.8 Å². The number of carbonyl (C=O) groups is 1. The topological polar surface area (TPSA) is 91.0 Å². The summed E-state index contributed by atoms with van der Waals surface area (Å²) in [6.45, 7) is 4.43.